The number of carboxylic acid groups (broad SMARTS) is 1. The Morgan fingerprint density at radius 3 is 2.50 bits per heavy atom. The van der Waals surface area contributed by atoms with Crippen molar-refractivity contribution in [1.29, 1.82) is 0 Å². The molecule has 1 atom stereocenters. The molecule has 12 heteroatoms. The van der Waals surface area contributed by atoms with Crippen LogP contribution in [0.15, 0.2) is 24.3 Å². The van der Waals surface area contributed by atoms with Crippen molar-refractivity contribution in [2.45, 2.75) is 44.8 Å². The third-order valence-electron chi connectivity index (χ3n) is 6.53. The summed E-state index contributed by atoms with van der Waals surface area (Å²) in [6.45, 7) is 4.84. The maximum absolute atomic E-state index is 15.2. The monoisotopic (exact) mass is 569 g/mol. The van der Waals surface area contributed by atoms with Gasteiger partial charge in [-0.25, -0.2) is 13.6 Å². The van der Waals surface area contributed by atoms with Crippen LogP contribution in [0.5, 0.6) is 0 Å². The van der Waals surface area contributed by atoms with Crippen LogP contribution >= 0.6 is 23.2 Å². The number of likely N-dealkylation sites (tertiary alicyclic amines) is 1. The molecule has 2 aromatic rings. The number of carbonyl (C=O) groups excluding carboxylic acids is 2. The van der Waals surface area contributed by atoms with E-state index in [0.29, 0.717) is 0 Å². The molecule has 0 spiro atoms. The summed E-state index contributed by atoms with van der Waals surface area (Å²) in [4.78, 5) is 39.6. The summed E-state index contributed by atoms with van der Waals surface area (Å²) < 4.78 is 35.7. The van der Waals surface area contributed by atoms with E-state index >= 15 is 8.78 Å². The number of fused-ring (bicyclic) bond motifs is 1. The highest BCUT2D eigenvalue weighted by molar-refractivity contribution is 6.42. The molecule has 2 aliphatic heterocycles. The van der Waals surface area contributed by atoms with Gasteiger partial charge < -0.3 is 25.0 Å². The van der Waals surface area contributed by atoms with Crippen LogP contribution in [0.2, 0.25) is 10.0 Å². The summed E-state index contributed by atoms with van der Waals surface area (Å²) in [6.07, 6.45) is -0.923. The number of nitrogens with one attached hydrogen (secondary N) is 1. The molecule has 0 aromatic heterocycles. The first kappa shape index (κ1) is 27.9. The zero-order chi connectivity index (χ0) is 28.0. The highest BCUT2D eigenvalue weighted by Gasteiger charge is 2.45. The molecule has 8 nitrogen and oxygen atoms in total. The number of esters is 1. The van der Waals surface area contributed by atoms with Crippen molar-refractivity contribution in [3.8, 4) is 0 Å². The molecule has 1 fully saturated rings. The number of rotatable bonds is 5. The van der Waals surface area contributed by atoms with E-state index in [1.165, 1.54) is 23.1 Å². The number of ether oxygens (including phenoxy) is 1. The molecule has 2 aromatic carbocycles. The van der Waals surface area contributed by atoms with Crippen LogP contribution in [0.1, 0.15) is 48.7 Å². The van der Waals surface area contributed by atoms with Gasteiger partial charge in [0.2, 0.25) is 0 Å². The lowest BCUT2D eigenvalue weighted by Gasteiger charge is -2.34. The van der Waals surface area contributed by atoms with E-state index < -0.39 is 40.7 Å². The SMILES string of the molecule is CC(C)(C)OC(=O)CN1CCc2c(F)cc(N[C@]3(c4c(F)ccc(Cl)c4Cl)CCN(C(=O)O)C3)cc2C1=O. The Morgan fingerprint density at radius 1 is 1.16 bits per heavy atom. The molecule has 2 amide bonds. The van der Waals surface area contributed by atoms with Gasteiger partial charge in [0.05, 0.1) is 22.1 Å². The molecular formula is C26H27Cl2F2N3O5. The Hall–Kier alpha value is -3.11. The van der Waals surface area contributed by atoms with Gasteiger partial charge in [0.25, 0.3) is 5.91 Å². The van der Waals surface area contributed by atoms with Crippen LogP contribution < -0.4 is 5.32 Å². The van der Waals surface area contributed by atoms with Gasteiger partial charge in [-0.3, -0.25) is 9.59 Å². The minimum Gasteiger partial charge on any atom is -0.465 e. The van der Waals surface area contributed by atoms with Crippen LogP contribution in [-0.4, -0.2) is 64.7 Å². The number of benzene rings is 2. The average Bonchev–Trinajstić information content (AvgIpc) is 3.22. The Kier molecular flexibility index (Phi) is 7.51. The summed E-state index contributed by atoms with van der Waals surface area (Å²) in [5, 5.41) is 12.6. The van der Waals surface area contributed by atoms with E-state index in [1.54, 1.807) is 20.8 Å². The number of halogens is 4. The molecule has 0 aliphatic carbocycles. The molecule has 1 saturated heterocycles. The van der Waals surface area contributed by atoms with Crippen LogP contribution in [0.4, 0.5) is 19.3 Å². The van der Waals surface area contributed by atoms with E-state index in [4.69, 9.17) is 27.9 Å². The number of carbonyl (C=O) groups is 3. The lowest BCUT2D eigenvalue weighted by molar-refractivity contribution is -0.155. The van der Waals surface area contributed by atoms with Gasteiger partial charge in [0, 0.05) is 35.5 Å². The number of anilines is 1. The minimum atomic E-state index is -1.39. The average molecular weight is 570 g/mol. The highest BCUT2D eigenvalue weighted by atomic mass is 35.5. The Balaban J connectivity index is 1.70. The summed E-state index contributed by atoms with van der Waals surface area (Å²) in [6, 6.07) is 5.01. The third kappa shape index (κ3) is 5.51. The summed E-state index contributed by atoms with van der Waals surface area (Å²) in [7, 11) is 0. The fourth-order valence-electron chi connectivity index (χ4n) is 4.94. The molecule has 38 heavy (non-hydrogen) atoms. The maximum Gasteiger partial charge on any atom is 0.407 e. The van der Waals surface area contributed by atoms with Crippen molar-refractivity contribution in [2.75, 3.05) is 31.5 Å². The summed E-state index contributed by atoms with van der Waals surface area (Å²) in [5.41, 5.74) is -1.81. The first-order valence-electron chi connectivity index (χ1n) is 11.9. The second-order valence-electron chi connectivity index (χ2n) is 10.4. The topological polar surface area (TPSA) is 99.2 Å². The second-order valence-corrected chi connectivity index (χ2v) is 11.2. The quantitative estimate of drug-likeness (QED) is 0.374. The van der Waals surface area contributed by atoms with E-state index in [-0.39, 0.29) is 71.4 Å². The standard InChI is InChI=1S/C26H27Cl2F2N3O5/c1-25(2,3)38-20(34)12-32-8-6-15-16(23(32)35)10-14(11-19(15)30)31-26(7-9-33(13-26)24(36)37)21-18(29)5-4-17(27)22(21)28/h4-5,10-11,31H,6-9,12-13H2,1-3H3,(H,36,37)/t26-/m1/s1. The largest absolute Gasteiger partial charge is 0.465 e. The van der Waals surface area contributed by atoms with Gasteiger partial charge >= 0.3 is 12.1 Å². The Labute approximate surface area is 228 Å². The van der Waals surface area contributed by atoms with Crippen LogP contribution in [0, 0.1) is 11.6 Å². The minimum absolute atomic E-state index is 0.0446. The van der Waals surface area contributed by atoms with Crippen molar-refractivity contribution in [1.82, 2.24) is 9.80 Å². The van der Waals surface area contributed by atoms with Crippen LogP contribution in [0.3, 0.4) is 0 Å². The molecule has 4 rings (SSSR count). The van der Waals surface area contributed by atoms with E-state index in [0.717, 1.165) is 11.0 Å². The van der Waals surface area contributed by atoms with Gasteiger partial charge in [-0.05, 0) is 57.9 Å². The molecule has 2 heterocycles. The van der Waals surface area contributed by atoms with Crippen molar-refractivity contribution in [3.63, 3.8) is 0 Å². The zero-order valence-electron chi connectivity index (χ0n) is 21.0. The van der Waals surface area contributed by atoms with Gasteiger partial charge in [-0.1, -0.05) is 23.2 Å². The van der Waals surface area contributed by atoms with Gasteiger partial charge in [0.1, 0.15) is 23.8 Å². The van der Waals surface area contributed by atoms with Crippen molar-refractivity contribution in [2.24, 2.45) is 0 Å². The number of hydrogen-bond donors (Lipinski definition) is 2. The second kappa shape index (κ2) is 10.2. The highest BCUT2D eigenvalue weighted by Crippen LogP contribution is 2.43. The maximum atomic E-state index is 15.2. The fraction of sp³-hybridized carbons (Fsp3) is 0.423. The summed E-state index contributed by atoms with van der Waals surface area (Å²) in [5.74, 6) is -2.51. The Bertz CT molecular complexity index is 1320. The predicted octanol–water partition coefficient (Wildman–Crippen LogP) is 5.30. The molecule has 0 bridgehead atoms. The van der Waals surface area contributed by atoms with Crippen LogP contribution in [0.25, 0.3) is 0 Å². The van der Waals surface area contributed by atoms with E-state index in [1.807, 2.05) is 0 Å². The normalized spacial score (nSPS) is 19.4. The fourth-order valence-corrected chi connectivity index (χ4v) is 5.43. The molecule has 0 unspecified atom stereocenters. The smallest absolute Gasteiger partial charge is 0.407 e. The van der Waals surface area contributed by atoms with Crippen molar-refractivity contribution >= 4 is 46.9 Å². The molecular weight excluding hydrogens is 543 g/mol. The van der Waals surface area contributed by atoms with Crippen molar-refractivity contribution in [3.05, 3.63) is 62.6 Å². The molecule has 2 N–H and O–H groups in total. The lowest BCUT2D eigenvalue weighted by atomic mass is 9.87. The van der Waals surface area contributed by atoms with Crippen molar-refractivity contribution < 1.29 is 33.0 Å². The number of nitrogens with zero attached hydrogens (tertiary/aromatic N) is 2. The number of hydrogen-bond acceptors (Lipinski definition) is 5. The summed E-state index contributed by atoms with van der Waals surface area (Å²) >= 11 is 12.5. The Morgan fingerprint density at radius 2 is 1.87 bits per heavy atom. The molecule has 0 saturated carbocycles. The first-order valence-corrected chi connectivity index (χ1v) is 12.7. The van der Waals surface area contributed by atoms with Gasteiger partial charge in [0.15, 0.2) is 0 Å². The van der Waals surface area contributed by atoms with Gasteiger partial charge in [-0.2, -0.15) is 0 Å². The predicted molar refractivity (Wildman–Crippen MR) is 138 cm³/mol. The van der Waals surface area contributed by atoms with Crippen LogP contribution in [-0.2, 0) is 21.5 Å². The number of amides is 2. The molecule has 2 aliphatic rings. The molecule has 0 radical (unpaired) electrons. The molecule has 204 valence electrons. The lowest BCUT2D eigenvalue weighted by Crippen LogP contribution is -2.43. The zero-order valence-corrected chi connectivity index (χ0v) is 22.6. The van der Waals surface area contributed by atoms with E-state index in [9.17, 15) is 19.5 Å². The van der Waals surface area contributed by atoms with Gasteiger partial charge in [-0.15, -0.1) is 0 Å². The first-order chi connectivity index (χ1) is 17.7. The van der Waals surface area contributed by atoms with E-state index in [2.05, 4.69) is 5.32 Å². The third-order valence-corrected chi connectivity index (χ3v) is 7.34.